The maximum Gasteiger partial charge on any atom is 0.241 e. The number of nitrogens with two attached hydrogens (primary N) is 1. The van der Waals surface area contributed by atoms with Crippen LogP contribution in [0.5, 0.6) is 0 Å². The zero-order valence-corrected chi connectivity index (χ0v) is 23.4. The lowest BCUT2D eigenvalue weighted by atomic mass is 9.96. The molecule has 0 radical (unpaired) electrons. The van der Waals surface area contributed by atoms with Crippen molar-refractivity contribution in [2.45, 2.75) is 6.42 Å². The molecule has 4 aromatic rings. The van der Waals surface area contributed by atoms with E-state index in [1.165, 1.54) is 0 Å². The highest BCUT2D eigenvalue weighted by atomic mass is 35.5. The van der Waals surface area contributed by atoms with E-state index in [1.807, 2.05) is 71.1 Å². The van der Waals surface area contributed by atoms with Crippen molar-refractivity contribution in [3.05, 3.63) is 64.6 Å². The van der Waals surface area contributed by atoms with Crippen molar-refractivity contribution in [3.63, 3.8) is 0 Å². The monoisotopic (exact) mass is 565 g/mol. The number of anilines is 2. The van der Waals surface area contributed by atoms with Gasteiger partial charge in [0.05, 0.1) is 17.1 Å². The molecule has 5 rings (SSSR count). The zero-order valence-electron chi connectivity index (χ0n) is 21.9. The topological polar surface area (TPSA) is 100 Å². The van der Waals surface area contributed by atoms with Gasteiger partial charge in [-0.2, -0.15) is 9.61 Å². The Balaban J connectivity index is 1.72. The Morgan fingerprint density at radius 2 is 1.74 bits per heavy atom. The van der Waals surface area contributed by atoms with Gasteiger partial charge in [0.1, 0.15) is 17.3 Å². The number of rotatable bonds is 8. The van der Waals surface area contributed by atoms with Crippen molar-refractivity contribution in [3.8, 4) is 22.4 Å². The third-order valence-electron chi connectivity index (χ3n) is 6.85. The van der Waals surface area contributed by atoms with Gasteiger partial charge < -0.3 is 20.4 Å². The lowest BCUT2D eigenvalue weighted by Gasteiger charge is -2.40. The highest BCUT2D eigenvalue weighted by Gasteiger charge is 2.32. The number of carbonyl (C=O) groups is 2. The second-order valence-corrected chi connectivity index (χ2v) is 10.8. The van der Waals surface area contributed by atoms with E-state index >= 15 is 0 Å². The molecule has 39 heavy (non-hydrogen) atoms. The molecule has 3 heterocycles. The molecule has 9 nitrogen and oxygen atoms in total. The first-order valence-electron chi connectivity index (χ1n) is 12.5. The molecule has 0 atom stereocenters. The molecular weight excluding hydrogens is 537 g/mol. The Hall–Kier alpha value is -3.82. The highest BCUT2D eigenvalue weighted by molar-refractivity contribution is 6.33. The predicted molar refractivity (Wildman–Crippen MR) is 155 cm³/mol. The van der Waals surface area contributed by atoms with Gasteiger partial charge in [-0.25, -0.2) is 4.98 Å². The summed E-state index contributed by atoms with van der Waals surface area (Å²) in [6, 6.07) is 17.0. The second-order valence-electron chi connectivity index (χ2n) is 10.0. The SMILES string of the molecule is CN(C)C(=O)CN(C)c1cc(N2CC(CC(N)=O)C2)n2nc(-c3ccccc3Cl)c(-c3ccc(Cl)cc3)c2n1. The summed E-state index contributed by atoms with van der Waals surface area (Å²) in [6.07, 6.45) is 0.328. The Kier molecular flexibility index (Phi) is 7.38. The second kappa shape index (κ2) is 10.7. The van der Waals surface area contributed by atoms with Crippen LogP contribution in [0.3, 0.4) is 0 Å². The summed E-state index contributed by atoms with van der Waals surface area (Å²) in [7, 11) is 5.29. The van der Waals surface area contributed by atoms with Crippen LogP contribution < -0.4 is 15.5 Å². The molecule has 202 valence electrons. The number of primary amides is 1. The van der Waals surface area contributed by atoms with Crippen molar-refractivity contribution in [1.29, 1.82) is 0 Å². The first-order chi connectivity index (χ1) is 18.6. The number of halogens is 2. The number of fused-ring (bicyclic) bond motifs is 1. The fourth-order valence-corrected chi connectivity index (χ4v) is 5.08. The first kappa shape index (κ1) is 26.8. The Morgan fingerprint density at radius 1 is 1.05 bits per heavy atom. The van der Waals surface area contributed by atoms with Crippen molar-refractivity contribution >= 4 is 52.3 Å². The minimum atomic E-state index is -0.313. The molecule has 2 aromatic carbocycles. The van der Waals surface area contributed by atoms with Crippen molar-refractivity contribution in [2.75, 3.05) is 50.6 Å². The van der Waals surface area contributed by atoms with E-state index in [-0.39, 0.29) is 24.3 Å². The van der Waals surface area contributed by atoms with Crippen LogP contribution >= 0.6 is 23.2 Å². The lowest BCUT2D eigenvalue weighted by Crippen LogP contribution is -2.49. The van der Waals surface area contributed by atoms with E-state index in [0.29, 0.717) is 46.7 Å². The van der Waals surface area contributed by atoms with Crippen molar-refractivity contribution < 1.29 is 9.59 Å². The molecule has 1 aliphatic heterocycles. The quantitative estimate of drug-likeness (QED) is 0.343. The van der Waals surface area contributed by atoms with Crippen LogP contribution in [0, 0.1) is 5.92 Å². The Labute approximate surface area is 236 Å². The van der Waals surface area contributed by atoms with Gasteiger partial charge in [0.25, 0.3) is 0 Å². The summed E-state index contributed by atoms with van der Waals surface area (Å²) in [5, 5.41) is 6.21. The summed E-state index contributed by atoms with van der Waals surface area (Å²) >= 11 is 12.9. The van der Waals surface area contributed by atoms with Crippen LogP contribution in [0.1, 0.15) is 6.42 Å². The van der Waals surface area contributed by atoms with Gasteiger partial charge in [-0.15, -0.1) is 0 Å². The maximum absolute atomic E-state index is 12.5. The first-order valence-corrected chi connectivity index (χ1v) is 13.3. The zero-order chi connectivity index (χ0) is 27.8. The third kappa shape index (κ3) is 5.37. The minimum absolute atomic E-state index is 0.0469. The lowest BCUT2D eigenvalue weighted by molar-refractivity contribution is -0.127. The number of carbonyl (C=O) groups excluding carboxylic acids is 2. The van der Waals surface area contributed by atoms with E-state index < -0.39 is 0 Å². The van der Waals surface area contributed by atoms with Gasteiger partial charge in [0.2, 0.25) is 11.8 Å². The number of likely N-dealkylation sites (N-methyl/N-ethyl adjacent to an activating group) is 2. The Morgan fingerprint density at radius 3 is 2.38 bits per heavy atom. The number of aromatic nitrogens is 3. The smallest absolute Gasteiger partial charge is 0.241 e. The van der Waals surface area contributed by atoms with Crippen molar-refractivity contribution in [2.24, 2.45) is 11.7 Å². The van der Waals surface area contributed by atoms with E-state index in [1.54, 1.807) is 19.0 Å². The van der Waals surface area contributed by atoms with Crippen LogP contribution in [-0.4, -0.2) is 72.1 Å². The van der Waals surface area contributed by atoms with Crippen LogP contribution in [0.2, 0.25) is 10.0 Å². The molecule has 1 saturated heterocycles. The van der Waals surface area contributed by atoms with Crippen LogP contribution in [0.4, 0.5) is 11.6 Å². The molecule has 0 bridgehead atoms. The van der Waals surface area contributed by atoms with Crippen LogP contribution in [0.15, 0.2) is 54.6 Å². The van der Waals surface area contributed by atoms with E-state index in [2.05, 4.69) is 4.90 Å². The van der Waals surface area contributed by atoms with E-state index in [0.717, 1.165) is 22.5 Å². The molecule has 2 aromatic heterocycles. The third-order valence-corrected chi connectivity index (χ3v) is 7.43. The molecule has 0 saturated carbocycles. The summed E-state index contributed by atoms with van der Waals surface area (Å²) in [5.41, 5.74) is 9.17. The number of amides is 2. The maximum atomic E-state index is 12.5. The summed E-state index contributed by atoms with van der Waals surface area (Å²) in [5.74, 6) is 1.22. The molecule has 0 unspecified atom stereocenters. The molecule has 11 heteroatoms. The standard InChI is InChI=1S/C28H29Cl2N7O2/c1-34(2)25(39)16-35(3)23-13-24(36-14-17(15-36)12-22(31)38)37-28(32-23)26(18-8-10-19(29)11-9-18)27(33-37)20-6-4-5-7-21(20)30/h4-11,13,17H,12,14-16H2,1-3H3,(H2,31,38). The van der Waals surface area contributed by atoms with E-state index in [9.17, 15) is 9.59 Å². The molecule has 2 N–H and O–H groups in total. The molecule has 1 fully saturated rings. The number of hydrogen-bond donors (Lipinski definition) is 1. The van der Waals surface area contributed by atoms with Gasteiger partial charge in [-0.3, -0.25) is 9.59 Å². The van der Waals surface area contributed by atoms with Gasteiger partial charge in [0, 0.05) is 63.2 Å². The van der Waals surface area contributed by atoms with E-state index in [4.69, 9.17) is 39.0 Å². The number of nitrogens with zero attached hydrogens (tertiary/aromatic N) is 6. The highest BCUT2D eigenvalue weighted by Crippen LogP contribution is 2.40. The fraction of sp³-hybridized carbons (Fsp3) is 0.286. The molecule has 0 spiro atoms. The summed E-state index contributed by atoms with van der Waals surface area (Å²) in [4.78, 5) is 34.5. The van der Waals surface area contributed by atoms with Gasteiger partial charge in [-0.05, 0) is 23.8 Å². The fourth-order valence-electron chi connectivity index (χ4n) is 4.73. The average Bonchev–Trinajstić information content (AvgIpc) is 3.25. The summed E-state index contributed by atoms with van der Waals surface area (Å²) < 4.78 is 1.81. The van der Waals surface area contributed by atoms with Crippen molar-refractivity contribution in [1.82, 2.24) is 19.5 Å². The molecule has 0 aliphatic carbocycles. The number of benzene rings is 2. The molecule has 2 amide bonds. The average molecular weight is 566 g/mol. The molecule has 1 aliphatic rings. The van der Waals surface area contributed by atoms with Crippen LogP contribution in [-0.2, 0) is 9.59 Å². The number of hydrogen-bond acceptors (Lipinski definition) is 6. The van der Waals surface area contributed by atoms with Crippen LogP contribution in [0.25, 0.3) is 28.0 Å². The molecular formula is C28H29Cl2N7O2. The van der Waals surface area contributed by atoms with Gasteiger partial charge in [0.15, 0.2) is 5.65 Å². The minimum Gasteiger partial charge on any atom is -0.370 e. The van der Waals surface area contributed by atoms with Gasteiger partial charge >= 0.3 is 0 Å². The van der Waals surface area contributed by atoms with Gasteiger partial charge in [-0.1, -0.05) is 53.5 Å². The normalized spacial score (nSPS) is 13.4. The predicted octanol–water partition coefficient (Wildman–Crippen LogP) is 4.21. The Bertz CT molecular complexity index is 1550. The largest absolute Gasteiger partial charge is 0.370 e. The summed E-state index contributed by atoms with van der Waals surface area (Å²) in [6.45, 7) is 1.46.